The second-order valence-corrected chi connectivity index (χ2v) is 4.58. The van der Waals surface area contributed by atoms with Gasteiger partial charge in [-0.3, -0.25) is 0 Å². The molecule has 0 N–H and O–H groups in total. The average Bonchev–Trinajstić information content (AvgIpc) is 2.96. The first-order chi connectivity index (χ1) is 8.61. The van der Waals surface area contributed by atoms with Crippen molar-refractivity contribution >= 4 is 17.5 Å². The molecule has 0 fully saturated rings. The van der Waals surface area contributed by atoms with Crippen LogP contribution < -0.4 is 0 Å². The number of esters is 1. The third kappa shape index (κ3) is 2.56. The van der Waals surface area contributed by atoms with Gasteiger partial charge in [-0.25, -0.2) is 9.78 Å². The summed E-state index contributed by atoms with van der Waals surface area (Å²) in [6, 6.07) is 0. The Bertz CT molecular complexity index is 549. The lowest BCUT2D eigenvalue weighted by atomic mass is 10.3. The van der Waals surface area contributed by atoms with Crippen LogP contribution in [0.2, 0.25) is 0 Å². The number of aryl methyl sites for hydroxylation is 1. The predicted octanol–water partition coefficient (Wildman–Crippen LogP) is 2.46. The van der Waals surface area contributed by atoms with Gasteiger partial charge in [0.2, 0.25) is 0 Å². The number of oxazole rings is 1. The Morgan fingerprint density at radius 1 is 1.61 bits per heavy atom. The van der Waals surface area contributed by atoms with Gasteiger partial charge >= 0.3 is 5.97 Å². The maximum atomic E-state index is 11.9. The molecule has 2 aromatic rings. The standard InChI is InChI=1S/C11H13N3O3S/c1-4-6(2)17-11(15)10-9(13-14-18-10)8-5-16-7(3)12-8/h5-6H,4H2,1-3H3/t6-/m0/s1. The zero-order valence-corrected chi connectivity index (χ0v) is 11.2. The molecule has 96 valence electrons. The van der Waals surface area contributed by atoms with Gasteiger partial charge in [-0.2, -0.15) is 0 Å². The minimum absolute atomic E-state index is 0.133. The van der Waals surface area contributed by atoms with Gasteiger partial charge in [0.1, 0.15) is 17.7 Å². The number of hydrogen-bond acceptors (Lipinski definition) is 7. The summed E-state index contributed by atoms with van der Waals surface area (Å²) in [5, 5.41) is 3.90. The van der Waals surface area contributed by atoms with Crippen LogP contribution in [0.4, 0.5) is 0 Å². The lowest BCUT2D eigenvalue weighted by molar-refractivity contribution is 0.0341. The maximum Gasteiger partial charge on any atom is 0.352 e. The van der Waals surface area contributed by atoms with Crippen LogP contribution in [-0.4, -0.2) is 26.6 Å². The fourth-order valence-corrected chi connectivity index (χ4v) is 1.84. The van der Waals surface area contributed by atoms with Crippen molar-refractivity contribution < 1.29 is 13.9 Å². The minimum Gasteiger partial charge on any atom is -0.458 e. The van der Waals surface area contributed by atoms with Gasteiger partial charge in [0.25, 0.3) is 0 Å². The van der Waals surface area contributed by atoms with Crippen molar-refractivity contribution in [2.24, 2.45) is 0 Å². The highest BCUT2D eigenvalue weighted by Gasteiger charge is 2.22. The molecule has 2 rings (SSSR count). The van der Waals surface area contributed by atoms with Crippen LogP contribution in [0, 0.1) is 6.92 Å². The molecule has 7 heteroatoms. The Kier molecular flexibility index (Phi) is 3.71. The van der Waals surface area contributed by atoms with Crippen LogP contribution in [0.15, 0.2) is 10.7 Å². The molecule has 0 saturated carbocycles. The summed E-state index contributed by atoms with van der Waals surface area (Å²) in [7, 11) is 0. The van der Waals surface area contributed by atoms with E-state index in [1.54, 1.807) is 6.92 Å². The Morgan fingerprint density at radius 3 is 3.00 bits per heavy atom. The molecular weight excluding hydrogens is 254 g/mol. The molecule has 0 saturated heterocycles. The molecule has 0 unspecified atom stereocenters. The lowest BCUT2D eigenvalue weighted by Crippen LogP contribution is -2.13. The van der Waals surface area contributed by atoms with Gasteiger partial charge in [-0.1, -0.05) is 11.4 Å². The smallest absolute Gasteiger partial charge is 0.352 e. The molecular formula is C11H13N3O3S. The molecule has 0 amide bonds. The van der Waals surface area contributed by atoms with Crippen LogP contribution in [-0.2, 0) is 4.74 Å². The van der Waals surface area contributed by atoms with Gasteiger partial charge in [0.15, 0.2) is 10.8 Å². The Morgan fingerprint density at radius 2 is 2.39 bits per heavy atom. The molecule has 0 aromatic carbocycles. The lowest BCUT2D eigenvalue weighted by Gasteiger charge is -2.09. The monoisotopic (exact) mass is 267 g/mol. The fourth-order valence-electron chi connectivity index (χ4n) is 1.28. The zero-order chi connectivity index (χ0) is 13.1. The molecule has 2 heterocycles. The third-order valence-electron chi connectivity index (χ3n) is 2.42. The number of hydrogen-bond donors (Lipinski definition) is 0. The van der Waals surface area contributed by atoms with E-state index in [1.165, 1.54) is 6.26 Å². The topological polar surface area (TPSA) is 78.1 Å². The Balaban J connectivity index is 2.25. The highest BCUT2D eigenvalue weighted by molar-refractivity contribution is 7.08. The Labute approximate surface area is 108 Å². The van der Waals surface area contributed by atoms with Crippen LogP contribution in [0.25, 0.3) is 11.4 Å². The van der Waals surface area contributed by atoms with Crippen LogP contribution in [0.3, 0.4) is 0 Å². The summed E-state index contributed by atoms with van der Waals surface area (Å²) in [5.41, 5.74) is 0.905. The van der Waals surface area contributed by atoms with E-state index in [9.17, 15) is 4.79 Å². The number of aromatic nitrogens is 3. The fraction of sp³-hybridized carbons (Fsp3) is 0.455. The van der Waals surface area contributed by atoms with Gasteiger partial charge in [0, 0.05) is 6.92 Å². The van der Waals surface area contributed by atoms with E-state index in [1.807, 2.05) is 13.8 Å². The van der Waals surface area contributed by atoms with Crippen molar-refractivity contribution in [3.8, 4) is 11.4 Å². The molecule has 0 aliphatic heterocycles. The molecule has 0 aliphatic rings. The van der Waals surface area contributed by atoms with E-state index >= 15 is 0 Å². The first-order valence-electron chi connectivity index (χ1n) is 5.57. The molecule has 0 spiro atoms. The van der Waals surface area contributed by atoms with E-state index in [4.69, 9.17) is 9.15 Å². The van der Waals surface area contributed by atoms with E-state index in [0.29, 0.717) is 22.2 Å². The summed E-state index contributed by atoms with van der Waals surface area (Å²) < 4.78 is 14.1. The van der Waals surface area contributed by atoms with E-state index in [0.717, 1.165) is 18.0 Å². The number of rotatable bonds is 4. The first kappa shape index (κ1) is 12.7. The van der Waals surface area contributed by atoms with Gasteiger partial charge < -0.3 is 9.15 Å². The van der Waals surface area contributed by atoms with E-state index in [2.05, 4.69) is 14.6 Å². The molecule has 0 aliphatic carbocycles. The van der Waals surface area contributed by atoms with Crippen molar-refractivity contribution in [3.05, 3.63) is 17.0 Å². The third-order valence-corrected chi connectivity index (χ3v) is 3.12. The number of nitrogens with zero attached hydrogens (tertiary/aromatic N) is 3. The molecule has 0 radical (unpaired) electrons. The number of carbonyl (C=O) groups is 1. The van der Waals surface area contributed by atoms with Crippen molar-refractivity contribution in [1.82, 2.24) is 14.6 Å². The second kappa shape index (κ2) is 5.26. The average molecular weight is 267 g/mol. The summed E-state index contributed by atoms with van der Waals surface area (Å²) >= 11 is 0.997. The summed E-state index contributed by atoms with van der Waals surface area (Å²) in [6.07, 6.45) is 2.08. The summed E-state index contributed by atoms with van der Waals surface area (Å²) in [5.74, 6) is 0.0919. The molecule has 18 heavy (non-hydrogen) atoms. The highest BCUT2D eigenvalue weighted by atomic mass is 32.1. The largest absolute Gasteiger partial charge is 0.458 e. The van der Waals surface area contributed by atoms with Crippen LogP contribution >= 0.6 is 11.5 Å². The minimum atomic E-state index is -0.421. The quantitative estimate of drug-likeness (QED) is 0.792. The van der Waals surface area contributed by atoms with Crippen molar-refractivity contribution in [2.75, 3.05) is 0 Å². The number of ether oxygens (including phenoxy) is 1. The molecule has 6 nitrogen and oxygen atoms in total. The van der Waals surface area contributed by atoms with Gasteiger partial charge in [0.05, 0.1) is 6.10 Å². The van der Waals surface area contributed by atoms with Gasteiger partial charge in [-0.05, 0) is 24.9 Å². The first-order valence-corrected chi connectivity index (χ1v) is 6.35. The zero-order valence-electron chi connectivity index (χ0n) is 10.3. The van der Waals surface area contributed by atoms with E-state index in [-0.39, 0.29) is 6.10 Å². The predicted molar refractivity (Wildman–Crippen MR) is 65.3 cm³/mol. The molecule has 2 aromatic heterocycles. The summed E-state index contributed by atoms with van der Waals surface area (Å²) in [6.45, 7) is 5.51. The second-order valence-electron chi connectivity index (χ2n) is 3.83. The normalized spacial score (nSPS) is 12.4. The van der Waals surface area contributed by atoms with E-state index < -0.39 is 5.97 Å². The van der Waals surface area contributed by atoms with Crippen molar-refractivity contribution in [3.63, 3.8) is 0 Å². The molecule has 0 bridgehead atoms. The molecule has 1 atom stereocenters. The maximum absolute atomic E-state index is 11.9. The highest BCUT2D eigenvalue weighted by Crippen LogP contribution is 2.24. The van der Waals surface area contributed by atoms with Crippen molar-refractivity contribution in [1.29, 1.82) is 0 Å². The van der Waals surface area contributed by atoms with Gasteiger partial charge in [-0.15, -0.1) is 5.10 Å². The SMILES string of the molecule is CC[C@H](C)OC(=O)c1snnc1-c1coc(C)n1. The van der Waals surface area contributed by atoms with Crippen LogP contribution in [0.5, 0.6) is 0 Å². The Hall–Kier alpha value is -1.76. The van der Waals surface area contributed by atoms with Crippen LogP contribution in [0.1, 0.15) is 35.8 Å². The van der Waals surface area contributed by atoms with Crippen molar-refractivity contribution in [2.45, 2.75) is 33.3 Å². The number of carbonyl (C=O) groups excluding carboxylic acids is 1. The summed E-state index contributed by atoms with van der Waals surface area (Å²) in [4.78, 5) is 16.4.